The van der Waals surface area contributed by atoms with Crippen molar-refractivity contribution in [2.75, 3.05) is 7.05 Å². The minimum Gasteiger partial charge on any atom is -0.359 e. The molecule has 0 aliphatic heterocycles. The van der Waals surface area contributed by atoms with Crippen molar-refractivity contribution in [3.05, 3.63) is 16.9 Å². The molecule has 5 nitrogen and oxygen atoms in total. The molecule has 1 amide bonds. The zero-order valence-corrected chi connectivity index (χ0v) is 9.24. The molecule has 6 heteroatoms. The average molecular weight is 260 g/mol. The van der Waals surface area contributed by atoms with E-state index in [0.717, 1.165) is 4.47 Å². The Hall–Kier alpha value is -1.17. The third-order valence-corrected chi connectivity index (χ3v) is 1.99. The lowest BCUT2D eigenvalue weighted by Gasteiger charge is -1.99. The molecule has 0 bridgehead atoms. The van der Waals surface area contributed by atoms with Crippen molar-refractivity contribution < 1.29 is 9.59 Å². The van der Waals surface area contributed by atoms with Crippen LogP contribution in [0.2, 0.25) is 0 Å². The third-order valence-electron chi connectivity index (χ3n) is 1.58. The van der Waals surface area contributed by atoms with E-state index in [1.165, 1.54) is 11.7 Å². The van der Waals surface area contributed by atoms with Crippen LogP contribution in [0.5, 0.6) is 0 Å². The Kier molecular flexibility index (Phi) is 3.82. The molecule has 0 saturated carbocycles. The maximum absolute atomic E-state index is 11.3. The number of Topliss-reactive ketones (excluding diaryl/α,β-unsaturated/α-hetero) is 1. The average Bonchev–Trinajstić information content (AvgIpc) is 2.50. The van der Waals surface area contributed by atoms with Crippen molar-refractivity contribution in [1.82, 2.24) is 15.1 Å². The fourth-order valence-corrected chi connectivity index (χ4v) is 1.26. The fourth-order valence-electron chi connectivity index (χ4n) is 0.929. The standard InChI is InChI=1S/C8H10BrN3O2/c1-10-8(14)2-7(13)5-12-4-6(9)3-11-12/h3-4H,2,5H2,1H3,(H,10,14). The number of carbonyl (C=O) groups is 2. The van der Waals surface area contributed by atoms with Gasteiger partial charge in [0, 0.05) is 13.2 Å². The van der Waals surface area contributed by atoms with Crippen molar-refractivity contribution in [3.63, 3.8) is 0 Å². The number of carbonyl (C=O) groups excluding carboxylic acids is 2. The van der Waals surface area contributed by atoms with E-state index in [4.69, 9.17) is 0 Å². The van der Waals surface area contributed by atoms with Crippen LogP contribution in [0.15, 0.2) is 16.9 Å². The van der Waals surface area contributed by atoms with Gasteiger partial charge >= 0.3 is 0 Å². The van der Waals surface area contributed by atoms with E-state index in [-0.39, 0.29) is 24.7 Å². The molecule has 0 aliphatic rings. The van der Waals surface area contributed by atoms with Gasteiger partial charge in [0.2, 0.25) is 5.91 Å². The molecule has 14 heavy (non-hydrogen) atoms. The first-order valence-corrected chi connectivity index (χ1v) is 4.81. The Morgan fingerprint density at radius 2 is 2.36 bits per heavy atom. The van der Waals surface area contributed by atoms with Crippen molar-refractivity contribution in [3.8, 4) is 0 Å². The summed E-state index contributed by atoms with van der Waals surface area (Å²) in [5.74, 6) is -0.443. The number of nitrogens with one attached hydrogen (secondary N) is 1. The zero-order chi connectivity index (χ0) is 10.6. The lowest BCUT2D eigenvalue weighted by atomic mass is 10.3. The predicted octanol–water partition coefficient (Wildman–Crippen LogP) is 0.351. The summed E-state index contributed by atoms with van der Waals surface area (Å²) in [6.07, 6.45) is 3.17. The Morgan fingerprint density at radius 1 is 1.64 bits per heavy atom. The maximum atomic E-state index is 11.3. The van der Waals surface area contributed by atoms with Gasteiger partial charge in [0.15, 0.2) is 5.78 Å². The largest absolute Gasteiger partial charge is 0.359 e. The molecule has 0 saturated heterocycles. The minimum atomic E-state index is -0.277. The molecular formula is C8H10BrN3O2. The van der Waals surface area contributed by atoms with Gasteiger partial charge in [-0.15, -0.1) is 0 Å². The first-order chi connectivity index (χ1) is 6.61. The van der Waals surface area contributed by atoms with E-state index in [1.54, 1.807) is 12.4 Å². The van der Waals surface area contributed by atoms with Crippen molar-refractivity contribution in [2.24, 2.45) is 0 Å². The van der Waals surface area contributed by atoms with Crippen LogP contribution in [0, 0.1) is 0 Å². The monoisotopic (exact) mass is 259 g/mol. The fraction of sp³-hybridized carbons (Fsp3) is 0.375. The van der Waals surface area contributed by atoms with Crippen molar-refractivity contribution in [2.45, 2.75) is 13.0 Å². The van der Waals surface area contributed by atoms with Crippen LogP contribution < -0.4 is 5.32 Å². The van der Waals surface area contributed by atoms with Gasteiger partial charge in [-0.1, -0.05) is 0 Å². The van der Waals surface area contributed by atoms with Gasteiger partial charge in [0.1, 0.15) is 6.54 Å². The third kappa shape index (κ3) is 3.29. The second kappa shape index (κ2) is 4.90. The molecule has 1 heterocycles. The van der Waals surface area contributed by atoms with E-state index in [2.05, 4.69) is 26.3 Å². The van der Waals surface area contributed by atoms with Gasteiger partial charge in [0.05, 0.1) is 17.1 Å². The summed E-state index contributed by atoms with van der Waals surface area (Å²) in [6, 6.07) is 0. The van der Waals surface area contributed by atoms with E-state index in [1.807, 2.05) is 0 Å². The van der Waals surface area contributed by atoms with Crippen molar-refractivity contribution in [1.29, 1.82) is 0 Å². The first-order valence-electron chi connectivity index (χ1n) is 4.02. The van der Waals surface area contributed by atoms with Gasteiger partial charge < -0.3 is 5.32 Å². The van der Waals surface area contributed by atoms with Crippen LogP contribution in [0.1, 0.15) is 6.42 Å². The quantitative estimate of drug-likeness (QED) is 0.794. The van der Waals surface area contributed by atoms with Gasteiger partial charge in [-0.05, 0) is 15.9 Å². The molecule has 0 unspecified atom stereocenters. The van der Waals surface area contributed by atoms with Gasteiger partial charge in [-0.3, -0.25) is 14.3 Å². The van der Waals surface area contributed by atoms with Crippen LogP contribution in [0.25, 0.3) is 0 Å². The lowest BCUT2D eigenvalue weighted by molar-refractivity contribution is -0.128. The summed E-state index contributed by atoms with van der Waals surface area (Å²) in [6.45, 7) is 0.124. The van der Waals surface area contributed by atoms with Crippen LogP contribution in [-0.4, -0.2) is 28.5 Å². The highest BCUT2D eigenvalue weighted by molar-refractivity contribution is 9.10. The van der Waals surface area contributed by atoms with E-state index < -0.39 is 0 Å². The van der Waals surface area contributed by atoms with E-state index in [0.29, 0.717) is 0 Å². The van der Waals surface area contributed by atoms with Crippen LogP contribution >= 0.6 is 15.9 Å². The number of rotatable bonds is 4. The SMILES string of the molecule is CNC(=O)CC(=O)Cn1cc(Br)cn1. The van der Waals surface area contributed by atoms with Crippen LogP contribution in [0.4, 0.5) is 0 Å². The van der Waals surface area contributed by atoms with Gasteiger partial charge in [-0.25, -0.2) is 0 Å². The summed E-state index contributed by atoms with van der Waals surface area (Å²) >= 11 is 3.21. The Labute approximate surface area is 89.6 Å². The molecule has 0 spiro atoms. The number of aromatic nitrogens is 2. The predicted molar refractivity (Wildman–Crippen MR) is 53.6 cm³/mol. The number of hydrogen-bond donors (Lipinski definition) is 1. The normalized spacial score (nSPS) is 9.86. The first kappa shape index (κ1) is 10.9. The molecule has 0 fully saturated rings. The molecule has 1 aromatic rings. The molecule has 1 N–H and O–H groups in total. The Balaban J connectivity index is 2.45. The highest BCUT2D eigenvalue weighted by atomic mass is 79.9. The number of ketones is 1. The highest BCUT2D eigenvalue weighted by Gasteiger charge is 2.08. The second-order valence-corrected chi connectivity index (χ2v) is 3.66. The molecule has 76 valence electrons. The van der Waals surface area contributed by atoms with Crippen LogP contribution in [0.3, 0.4) is 0 Å². The number of halogens is 1. The molecule has 1 aromatic heterocycles. The second-order valence-electron chi connectivity index (χ2n) is 2.74. The maximum Gasteiger partial charge on any atom is 0.227 e. The molecule has 0 radical (unpaired) electrons. The smallest absolute Gasteiger partial charge is 0.227 e. The topological polar surface area (TPSA) is 64.0 Å². The molecule has 1 rings (SSSR count). The minimum absolute atomic E-state index is 0.103. The number of amides is 1. The number of nitrogens with zero attached hydrogens (tertiary/aromatic N) is 2. The molecule has 0 aliphatic carbocycles. The molecule has 0 atom stereocenters. The summed E-state index contributed by atoms with van der Waals surface area (Å²) in [5.41, 5.74) is 0. The Morgan fingerprint density at radius 3 is 2.86 bits per heavy atom. The van der Waals surface area contributed by atoms with Gasteiger partial charge in [0.25, 0.3) is 0 Å². The highest BCUT2D eigenvalue weighted by Crippen LogP contribution is 2.06. The summed E-state index contributed by atoms with van der Waals surface area (Å²) in [7, 11) is 1.50. The molecular weight excluding hydrogens is 250 g/mol. The van der Waals surface area contributed by atoms with E-state index >= 15 is 0 Å². The van der Waals surface area contributed by atoms with Gasteiger partial charge in [-0.2, -0.15) is 5.10 Å². The number of hydrogen-bond acceptors (Lipinski definition) is 3. The van der Waals surface area contributed by atoms with Crippen LogP contribution in [-0.2, 0) is 16.1 Å². The lowest BCUT2D eigenvalue weighted by Crippen LogP contribution is -2.23. The van der Waals surface area contributed by atoms with E-state index in [9.17, 15) is 9.59 Å². The van der Waals surface area contributed by atoms with Crippen molar-refractivity contribution >= 4 is 27.6 Å². The summed E-state index contributed by atoms with van der Waals surface area (Å²) < 4.78 is 2.29. The molecule has 0 aromatic carbocycles. The zero-order valence-electron chi connectivity index (χ0n) is 7.66. The summed E-state index contributed by atoms with van der Waals surface area (Å²) in [4.78, 5) is 22.1. The Bertz CT molecular complexity index is 348. The summed E-state index contributed by atoms with van der Waals surface area (Å²) in [5, 5.41) is 6.29.